The number of nitrogens with two attached hydrogens (primary N) is 1. The van der Waals surface area contributed by atoms with Crippen LogP contribution in [0.4, 0.5) is 5.82 Å². The van der Waals surface area contributed by atoms with Gasteiger partial charge in [0.2, 0.25) is 10.0 Å². The van der Waals surface area contributed by atoms with Crippen molar-refractivity contribution in [3.8, 4) is 0 Å². The van der Waals surface area contributed by atoms with E-state index in [-0.39, 0.29) is 4.90 Å². The van der Waals surface area contributed by atoms with Gasteiger partial charge in [-0.2, -0.15) is 0 Å². The smallest absolute Gasteiger partial charge is 0.238 e. The maximum absolute atomic E-state index is 11.4. The zero-order valence-electron chi connectivity index (χ0n) is 16.7. The van der Waals surface area contributed by atoms with Crippen LogP contribution in [0.2, 0.25) is 0 Å². The Morgan fingerprint density at radius 2 is 2.03 bits per heavy atom. The lowest BCUT2D eigenvalue weighted by Crippen LogP contribution is -2.12. The summed E-state index contributed by atoms with van der Waals surface area (Å²) in [6.07, 6.45) is 10.7. The number of nitrogens with zero attached hydrogens (tertiary/aromatic N) is 3. The van der Waals surface area contributed by atoms with Gasteiger partial charge >= 0.3 is 0 Å². The van der Waals surface area contributed by atoms with Crippen LogP contribution in [0.1, 0.15) is 18.2 Å². The number of fused-ring (bicyclic) bond motifs is 1. The van der Waals surface area contributed by atoms with Gasteiger partial charge in [-0.15, -0.1) is 0 Å². The number of benzene rings is 1. The summed E-state index contributed by atoms with van der Waals surface area (Å²) < 4.78 is 30.2. The molecule has 0 spiro atoms. The molecule has 3 rings (SSSR count). The number of allylic oxidation sites excluding steroid dienone is 4. The fourth-order valence-corrected chi connectivity index (χ4v) is 3.54. The average molecular weight is 426 g/mol. The molecule has 0 aliphatic carbocycles. The molecule has 0 aliphatic heterocycles. The lowest BCUT2D eigenvalue weighted by atomic mass is 10.1. The Bertz CT molecular complexity index is 1230. The number of imidazole rings is 1. The van der Waals surface area contributed by atoms with Crippen LogP contribution in [-0.4, -0.2) is 29.9 Å². The Hall–Kier alpha value is -3.43. The molecule has 0 unspecified atom stereocenters. The summed E-state index contributed by atoms with van der Waals surface area (Å²) in [5.41, 5.74) is 3.21. The minimum Gasteiger partial charge on any atom is -0.496 e. The van der Waals surface area contributed by atoms with Crippen LogP contribution in [0.5, 0.6) is 0 Å². The monoisotopic (exact) mass is 425 g/mol. The Balaban J connectivity index is 1.90. The van der Waals surface area contributed by atoms with E-state index in [0.29, 0.717) is 23.8 Å². The number of aromatic nitrogens is 3. The molecule has 0 atom stereocenters. The van der Waals surface area contributed by atoms with E-state index in [0.717, 1.165) is 16.8 Å². The van der Waals surface area contributed by atoms with E-state index < -0.39 is 10.0 Å². The first-order valence-corrected chi connectivity index (χ1v) is 10.6. The highest BCUT2D eigenvalue weighted by Gasteiger charge is 2.15. The fraction of sp³-hybridized carbons (Fsp3) is 0.143. The molecule has 8 nitrogen and oxygen atoms in total. The van der Waals surface area contributed by atoms with E-state index in [4.69, 9.17) is 9.88 Å². The van der Waals surface area contributed by atoms with Gasteiger partial charge in [0, 0.05) is 24.5 Å². The first kappa shape index (κ1) is 21.3. The minimum absolute atomic E-state index is 0.0730. The third kappa shape index (κ3) is 4.42. The Kier molecular flexibility index (Phi) is 6.34. The average Bonchev–Trinajstić information content (AvgIpc) is 3.16. The summed E-state index contributed by atoms with van der Waals surface area (Å²) in [5.74, 6) is 1.30. The summed E-state index contributed by atoms with van der Waals surface area (Å²) in [5, 5.41) is 8.38. The van der Waals surface area contributed by atoms with Crippen molar-refractivity contribution in [3.63, 3.8) is 0 Å². The first-order chi connectivity index (χ1) is 14.4. The van der Waals surface area contributed by atoms with Crippen LogP contribution < -0.4 is 10.5 Å². The molecule has 0 saturated heterocycles. The molecule has 0 aliphatic rings. The number of sulfonamides is 1. The summed E-state index contributed by atoms with van der Waals surface area (Å²) in [7, 11) is -2.09. The molecule has 0 amide bonds. The Morgan fingerprint density at radius 1 is 1.30 bits per heavy atom. The number of nitrogens with one attached hydrogen (secondary N) is 1. The highest BCUT2D eigenvalue weighted by molar-refractivity contribution is 7.89. The standard InChI is InChI=1S/C21H23N5O3S/c1-4-6-17(19(5-2)29-3)18-14-25-21-20(23-11-12-26(18)21)24-13-15-7-9-16(10-8-15)30(22,27)28/h4-12,14H,1,13H2,2-3H3,(H,23,24)(H2,22,27,28)/b17-6-,19-5+. The van der Waals surface area contributed by atoms with Crippen LogP contribution in [0.15, 0.2) is 78.3 Å². The van der Waals surface area contributed by atoms with Crippen molar-refractivity contribution in [2.75, 3.05) is 12.4 Å². The van der Waals surface area contributed by atoms with Crippen LogP contribution in [0, 0.1) is 0 Å². The number of primary sulfonamides is 1. The molecule has 156 valence electrons. The predicted octanol–water partition coefficient (Wildman–Crippen LogP) is 3.11. The maximum Gasteiger partial charge on any atom is 0.238 e. The van der Waals surface area contributed by atoms with E-state index in [2.05, 4.69) is 21.9 Å². The lowest BCUT2D eigenvalue weighted by molar-refractivity contribution is 0.310. The van der Waals surface area contributed by atoms with Crippen LogP contribution >= 0.6 is 0 Å². The molecular weight excluding hydrogens is 402 g/mol. The van der Waals surface area contributed by atoms with Gasteiger partial charge in [0.05, 0.1) is 23.9 Å². The molecule has 0 saturated carbocycles. The molecule has 0 fully saturated rings. The quantitative estimate of drug-likeness (QED) is 0.424. The second-order valence-electron chi connectivity index (χ2n) is 6.33. The number of hydrogen-bond acceptors (Lipinski definition) is 6. The first-order valence-electron chi connectivity index (χ1n) is 9.10. The lowest BCUT2D eigenvalue weighted by Gasteiger charge is -2.11. The van der Waals surface area contributed by atoms with Gasteiger partial charge in [-0.1, -0.05) is 24.8 Å². The summed E-state index contributed by atoms with van der Waals surface area (Å²) in [4.78, 5) is 8.98. The van der Waals surface area contributed by atoms with Gasteiger partial charge in [-0.25, -0.2) is 23.5 Å². The van der Waals surface area contributed by atoms with Crippen molar-refractivity contribution < 1.29 is 13.2 Å². The number of anilines is 1. The highest BCUT2D eigenvalue weighted by atomic mass is 32.2. The van der Waals surface area contributed by atoms with Gasteiger partial charge < -0.3 is 10.1 Å². The van der Waals surface area contributed by atoms with E-state index in [9.17, 15) is 8.42 Å². The number of ether oxygens (including phenoxy) is 1. The molecule has 9 heteroatoms. The molecule has 3 aromatic rings. The SMILES string of the molecule is C=C/C=C(\C(=C/C)OC)c1cnc2c(NCc3ccc(S(N)(=O)=O)cc3)nccn12. The van der Waals surface area contributed by atoms with Crippen LogP contribution in [0.3, 0.4) is 0 Å². The highest BCUT2D eigenvalue weighted by Crippen LogP contribution is 2.26. The van der Waals surface area contributed by atoms with E-state index in [1.807, 2.05) is 29.7 Å². The van der Waals surface area contributed by atoms with Crippen molar-refractivity contribution in [3.05, 3.63) is 84.7 Å². The maximum atomic E-state index is 11.4. The molecule has 1 aromatic carbocycles. The van der Waals surface area contributed by atoms with Crippen molar-refractivity contribution in [1.82, 2.24) is 14.4 Å². The van der Waals surface area contributed by atoms with Crippen molar-refractivity contribution >= 4 is 27.1 Å². The Labute approximate surface area is 175 Å². The second-order valence-corrected chi connectivity index (χ2v) is 7.89. The number of hydrogen-bond donors (Lipinski definition) is 2. The van der Waals surface area contributed by atoms with E-state index >= 15 is 0 Å². The fourth-order valence-electron chi connectivity index (χ4n) is 3.02. The molecule has 2 aromatic heterocycles. The molecule has 0 bridgehead atoms. The molecule has 3 N–H and O–H groups in total. The van der Waals surface area contributed by atoms with Gasteiger partial charge in [-0.05, 0) is 36.8 Å². The van der Waals surface area contributed by atoms with E-state index in [1.165, 1.54) is 12.1 Å². The van der Waals surface area contributed by atoms with Gasteiger partial charge in [-0.3, -0.25) is 4.40 Å². The third-order valence-corrected chi connectivity index (χ3v) is 5.38. The second kappa shape index (κ2) is 8.93. The summed E-state index contributed by atoms with van der Waals surface area (Å²) in [6.45, 7) is 6.12. The largest absolute Gasteiger partial charge is 0.496 e. The van der Waals surface area contributed by atoms with Gasteiger partial charge in [0.1, 0.15) is 5.76 Å². The molecule has 2 heterocycles. The van der Waals surface area contributed by atoms with Crippen molar-refractivity contribution in [1.29, 1.82) is 0 Å². The third-order valence-electron chi connectivity index (χ3n) is 4.45. The zero-order valence-corrected chi connectivity index (χ0v) is 17.6. The summed E-state index contributed by atoms with van der Waals surface area (Å²) >= 11 is 0. The van der Waals surface area contributed by atoms with Gasteiger partial charge in [0.15, 0.2) is 11.5 Å². The zero-order chi connectivity index (χ0) is 21.7. The molecular formula is C21H23N5O3S. The van der Waals surface area contributed by atoms with Crippen LogP contribution in [-0.2, 0) is 21.3 Å². The van der Waals surface area contributed by atoms with E-state index in [1.54, 1.807) is 37.7 Å². The van der Waals surface area contributed by atoms with Crippen molar-refractivity contribution in [2.45, 2.75) is 18.4 Å². The minimum atomic E-state index is -3.71. The topological polar surface area (TPSA) is 112 Å². The van der Waals surface area contributed by atoms with Gasteiger partial charge in [0.25, 0.3) is 0 Å². The molecule has 0 radical (unpaired) electrons. The number of methoxy groups -OCH3 is 1. The molecule has 30 heavy (non-hydrogen) atoms. The predicted molar refractivity (Wildman–Crippen MR) is 117 cm³/mol. The Morgan fingerprint density at radius 3 is 2.63 bits per heavy atom. The van der Waals surface area contributed by atoms with Crippen molar-refractivity contribution in [2.24, 2.45) is 5.14 Å². The number of rotatable bonds is 8. The van der Waals surface area contributed by atoms with Crippen LogP contribution in [0.25, 0.3) is 11.2 Å². The normalized spacial score (nSPS) is 12.8. The summed E-state index contributed by atoms with van der Waals surface area (Å²) in [6, 6.07) is 6.35.